The maximum Gasteiger partial charge on any atom is 0.271 e. The van der Waals surface area contributed by atoms with Gasteiger partial charge in [-0.1, -0.05) is 42.0 Å². The number of hydrogen-bond acceptors (Lipinski definition) is 6. The number of aryl methyl sites for hydroxylation is 1. The number of allylic oxidation sites excluding steroid dienone is 1. The van der Waals surface area contributed by atoms with Crippen LogP contribution in [0.25, 0.3) is 6.08 Å². The fraction of sp³-hybridized carbons (Fsp3) is 0.143. The lowest BCUT2D eigenvalue weighted by Gasteiger charge is -2.09. The van der Waals surface area contributed by atoms with E-state index in [1.165, 1.54) is 47.8 Å². The summed E-state index contributed by atoms with van der Waals surface area (Å²) in [5, 5.41) is 13.6. The quantitative estimate of drug-likeness (QED) is 0.234. The summed E-state index contributed by atoms with van der Waals surface area (Å²) in [5.41, 5.74) is 2.18. The van der Waals surface area contributed by atoms with E-state index in [0.29, 0.717) is 4.24 Å². The van der Waals surface area contributed by atoms with Gasteiger partial charge in [-0.3, -0.25) is 19.7 Å². The van der Waals surface area contributed by atoms with Gasteiger partial charge in [0.1, 0.15) is 5.57 Å². The fourth-order valence-corrected chi connectivity index (χ4v) is 5.13. The van der Waals surface area contributed by atoms with Gasteiger partial charge < -0.3 is 5.32 Å². The van der Waals surface area contributed by atoms with E-state index < -0.39 is 16.6 Å². The maximum absolute atomic E-state index is 12.9. The highest BCUT2D eigenvalue weighted by atomic mass is 32.2. The van der Waals surface area contributed by atoms with E-state index in [0.717, 1.165) is 22.6 Å². The van der Waals surface area contributed by atoms with E-state index in [4.69, 9.17) is 0 Å². The summed E-state index contributed by atoms with van der Waals surface area (Å²) in [4.78, 5) is 36.1. The van der Waals surface area contributed by atoms with Crippen LogP contribution in [0.1, 0.15) is 11.1 Å². The molecule has 1 fully saturated rings. The third kappa shape index (κ3) is 5.58. The first-order valence-electron chi connectivity index (χ1n) is 8.79. The number of benzene rings is 2. The lowest BCUT2D eigenvalue weighted by molar-refractivity contribution is -0.384. The standard InChI is InChI=1S/C21H18N2O4S2/c1-14-5-7-15(8-6-14)9-10-18(24)19(21-28-11-12-29-21)20(25)22-16-3-2-4-17(13-16)23(26)27/h2-10,13H,11-12H2,1H3,(H,22,25). The van der Waals surface area contributed by atoms with Crippen molar-refractivity contribution in [3.63, 3.8) is 0 Å². The molecule has 148 valence electrons. The number of nitro benzene ring substituents is 1. The van der Waals surface area contributed by atoms with E-state index >= 15 is 0 Å². The third-order valence-corrected chi connectivity index (χ3v) is 6.76. The molecule has 29 heavy (non-hydrogen) atoms. The molecule has 0 aromatic heterocycles. The Kier molecular flexibility index (Phi) is 6.90. The number of rotatable bonds is 6. The molecule has 1 aliphatic rings. The maximum atomic E-state index is 12.9. The molecule has 0 radical (unpaired) electrons. The number of thioether (sulfide) groups is 2. The molecule has 8 heteroatoms. The molecule has 0 atom stereocenters. The Morgan fingerprint density at radius 3 is 2.45 bits per heavy atom. The van der Waals surface area contributed by atoms with Crippen LogP contribution < -0.4 is 5.32 Å². The molecule has 0 aliphatic carbocycles. The number of amides is 1. The number of nitro groups is 1. The van der Waals surface area contributed by atoms with Crippen LogP contribution in [0, 0.1) is 17.0 Å². The van der Waals surface area contributed by atoms with Crippen molar-refractivity contribution in [1.82, 2.24) is 0 Å². The lowest BCUT2D eigenvalue weighted by atomic mass is 10.1. The highest BCUT2D eigenvalue weighted by molar-refractivity contribution is 8.25. The molecule has 1 N–H and O–H groups in total. The fourth-order valence-electron chi connectivity index (χ4n) is 2.58. The number of nitrogens with zero attached hydrogens (tertiary/aromatic N) is 1. The van der Waals surface area contributed by atoms with Gasteiger partial charge in [-0.2, -0.15) is 0 Å². The zero-order chi connectivity index (χ0) is 20.8. The second-order valence-corrected chi connectivity index (χ2v) is 8.70. The molecule has 1 heterocycles. The van der Waals surface area contributed by atoms with Gasteiger partial charge in [-0.05, 0) is 24.6 Å². The molecule has 2 aromatic carbocycles. The van der Waals surface area contributed by atoms with Crippen LogP contribution >= 0.6 is 23.5 Å². The first kappa shape index (κ1) is 20.9. The van der Waals surface area contributed by atoms with Crippen LogP contribution in [0.2, 0.25) is 0 Å². The number of nitrogens with one attached hydrogen (secondary N) is 1. The van der Waals surface area contributed by atoms with Crippen LogP contribution in [0.3, 0.4) is 0 Å². The van der Waals surface area contributed by atoms with Crippen molar-refractivity contribution in [2.45, 2.75) is 6.92 Å². The Bertz CT molecular complexity index is 1010. The van der Waals surface area contributed by atoms with Gasteiger partial charge in [-0.15, -0.1) is 23.5 Å². The summed E-state index contributed by atoms with van der Waals surface area (Å²) in [6, 6.07) is 13.3. The van der Waals surface area contributed by atoms with Crippen LogP contribution in [-0.2, 0) is 9.59 Å². The minimum absolute atomic E-state index is 0.0624. The number of hydrogen-bond donors (Lipinski definition) is 1. The average Bonchev–Trinajstić information content (AvgIpc) is 3.22. The van der Waals surface area contributed by atoms with E-state index in [9.17, 15) is 19.7 Å². The summed E-state index contributed by atoms with van der Waals surface area (Å²) in [6.45, 7) is 1.98. The molecule has 1 saturated heterocycles. The van der Waals surface area contributed by atoms with Crippen molar-refractivity contribution in [3.8, 4) is 0 Å². The van der Waals surface area contributed by atoms with Crippen LogP contribution in [0.15, 0.2) is 64.4 Å². The van der Waals surface area contributed by atoms with Crippen molar-refractivity contribution in [3.05, 3.63) is 85.7 Å². The number of carbonyl (C=O) groups excluding carboxylic acids is 2. The van der Waals surface area contributed by atoms with Gasteiger partial charge in [0.25, 0.3) is 11.6 Å². The predicted molar refractivity (Wildman–Crippen MR) is 119 cm³/mol. The average molecular weight is 427 g/mol. The highest BCUT2D eigenvalue weighted by Gasteiger charge is 2.25. The minimum Gasteiger partial charge on any atom is -0.322 e. The second kappa shape index (κ2) is 9.58. The summed E-state index contributed by atoms with van der Waals surface area (Å²) >= 11 is 2.94. The van der Waals surface area contributed by atoms with Crippen molar-refractivity contribution in [2.24, 2.45) is 0 Å². The van der Waals surface area contributed by atoms with Gasteiger partial charge in [0.2, 0.25) is 0 Å². The molecule has 6 nitrogen and oxygen atoms in total. The number of ketones is 1. The number of carbonyl (C=O) groups is 2. The van der Waals surface area contributed by atoms with E-state index in [-0.39, 0.29) is 16.9 Å². The Labute approximate surface area is 176 Å². The van der Waals surface area contributed by atoms with E-state index in [1.54, 1.807) is 12.1 Å². The first-order valence-corrected chi connectivity index (χ1v) is 10.8. The largest absolute Gasteiger partial charge is 0.322 e. The molecule has 0 spiro atoms. The molecular weight excluding hydrogens is 408 g/mol. The SMILES string of the molecule is Cc1ccc(C=CC(=O)C(C(=O)Nc2cccc([N+](=O)[O-])c2)=C2SCCS2)cc1. The Morgan fingerprint density at radius 1 is 1.10 bits per heavy atom. The number of non-ortho nitro benzene ring substituents is 1. The van der Waals surface area contributed by atoms with Gasteiger partial charge in [0.15, 0.2) is 5.78 Å². The summed E-state index contributed by atoms with van der Waals surface area (Å²) in [5.74, 6) is 0.678. The Morgan fingerprint density at radius 2 is 1.79 bits per heavy atom. The smallest absolute Gasteiger partial charge is 0.271 e. The van der Waals surface area contributed by atoms with Gasteiger partial charge in [-0.25, -0.2) is 0 Å². The topological polar surface area (TPSA) is 89.3 Å². The van der Waals surface area contributed by atoms with Crippen molar-refractivity contribution >= 4 is 52.7 Å². The zero-order valence-corrected chi connectivity index (χ0v) is 17.2. The molecule has 1 amide bonds. The highest BCUT2D eigenvalue weighted by Crippen LogP contribution is 2.39. The molecule has 1 aliphatic heterocycles. The lowest BCUT2D eigenvalue weighted by Crippen LogP contribution is -2.20. The third-order valence-electron chi connectivity index (χ3n) is 4.05. The second-order valence-electron chi connectivity index (χ2n) is 6.23. The molecule has 0 unspecified atom stereocenters. The van der Waals surface area contributed by atoms with Crippen LogP contribution in [0.5, 0.6) is 0 Å². The normalized spacial score (nSPS) is 13.5. The minimum atomic E-state index is -0.569. The Hall–Kier alpha value is -2.84. The van der Waals surface area contributed by atoms with Crippen LogP contribution in [-0.4, -0.2) is 28.1 Å². The van der Waals surface area contributed by atoms with Gasteiger partial charge in [0, 0.05) is 29.3 Å². The molecule has 2 aromatic rings. The van der Waals surface area contributed by atoms with Crippen LogP contribution in [0.4, 0.5) is 11.4 Å². The summed E-state index contributed by atoms with van der Waals surface area (Å²) in [6.07, 6.45) is 3.06. The molecule has 3 rings (SSSR count). The van der Waals surface area contributed by atoms with Crippen molar-refractivity contribution in [2.75, 3.05) is 16.8 Å². The summed E-state index contributed by atoms with van der Waals surface area (Å²) in [7, 11) is 0. The van der Waals surface area contributed by atoms with Gasteiger partial charge in [0.05, 0.1) is 9.16 Å². The predicted octanol–water partition coefficient (Wildman–Crippen LogP) is 4.82. The summed E-state index contributed by atoms with van der Waals surface area (Å²) < 4.78 is 0.673. The van der Waals surface area contributed by atoms with Crippen molar-refractivity contribution < 1.29 is 14.5 Å². The van der Waals surface area contributed by atoms with E-state index in [2.05, 4.69) is 5.32 Å². The van der Waals surface area contributed by atoms with Gasteiger partial charge >= 0.3 is 0 Å². The number of anilines is 1. The Balaban J connectivity index is 1.83. The zero-order valence-electron chi connectivity index (χ0n) is 15.6. The molecule has 0 saturated carbocycles. The molecule has 0 bridgehead atoms. The van der Waals surface area contributed by atoms with E-state index in [1.807, 2.05) is 31.2 Å². The first-order chi connectivity index (χ1) is 13.9. The van der Waals surface area contributed by atoms with Crippen molar-refractivity contribution in [1.29, 1.82) is 0 Å². The monoisotopic (exact) mass is 426 g/mol. The molecular formula is C21H18N2O4S2.